The monoisotopic (exact) mass is 224 g/mol. The molecule has 0 saturated heterocycles. The van der Waals surface area contributed by atoms with Crippen LogP contribution in [-0.4, -0.2) is 13.7 Å². The van der Waals surface area contributed by atoms with Crippen LogP contribution in [0.3, 0.4) is 0 Å². The molecule has 1 aliphatic rings. The number of hydrogen-bond donors (Lipinski definition) is 2. The fourth-order valence-corrected chi connectivity index (χ4v) is 2.08. The zero-order valence-corrected chi connectivity index (χ0v) is 9.37. The quantitative estimate of drug-likeness (QED) is 0.816. The van der Waals surface area contributed by atoms with Gasteiger partial charge in [-0.1, -0.05) is 0 Å². The summed E-state index contributed by atoms with van der Waals surface area (Å²) in [7, 11) is 1.56. The molecule has 2 rings (SSSR count). The number of nitrogens with two attached hydrogens (primary N) is 2. The predicted octanol–water partition coefficient (Wildman–Crippen LogP) is 1.57. The molecule has 1 aromatic rings. The van der Waals surface area contributed by atoms with E-state index in [-0.39, 0.29) is 17.3 Å². The van der Waals surface area contributed by atoms with Crippen LogP contribution in [0.4, 0.5) is 4.39 Å². The lowest BCUT2D eigenvalue weighted by atomic mass is 9.90. The minimum atomic E-state index is -0.293. The SMILES string of the molecule is COc1ccc(F)cc1C(N)C1(CN)CC1. The minimum absolute atomic E-state index is 0.0545. The smallest absolute Gasteiger partial charge is 0.123 e. The van der Waals surface area contributed by atoms with Gasteiger partial charge in [-0.15, -0.1) is 0 Å². The van der Waals surface area contributed by atoms with Crippen LogP contribution in [0.15, 0.2) is 18.2 Å². The molecule has 0 radical (unpaired) electrons. The normalized spacial score (nSPS) is 19.2. The highest BCUT2D eigenvalue weighted by Crippen LogP contribution is 2.54. The van der Waals surface area contributed by atoms with Crippen molar-refractivity contribution in [1.82, 2.24) is 0 Å². The lowest BCUT2D eigenvalue weighted by Crippen LogP contribution is -2.30. The Morgan fingerprint density at radius 2 is 2.19 bits per heavy atom. The van der Waals surface area contributed by atoms with Crippen LogP contribution < -0.4 is 16.2 Å². The van der Waals surface area contributed by atoms with Crippen LogP contribution in [0.5, 0.6) is 5.75 Å². The highest BCUT2D eigenvalue weighted by Gasteiger charge is 2.47. The van der Waals surface area contributed by atoms with Crippen molar-refractivity contribution >= 4 is 0 Å². The van der Waals surface area contributed by atoms with Crippen molar-refractivity contribution in [2.45, 2.75) is 18.9 Å². The van der Waals surface area contributed by atoms with E-state index < -0.39 is 0 Å². The first kappa shape index (κ1) is 11.4. The van der Waals surface area contributed by atoms with E-state index in [1.807, 2.05) is 0 Å². The molecule has 3 nitrogen and oxygen atoms in total. The molecule has 0 amide bonds. The van der Waals surface area contributed by atoms with Crippen molar-refractivity contribution in [3.63, 3.8) is 0 Å². The van der Waals surface area contributed by atoms with Crippen LogP contribution in [0, 0.1) is 11.2 Å². The molecule has 1 saturated carbocycles. The van der Waals surface area contributed by atoms with E-state index in [9.17, 15) is 4.39 Å². The highest BCUT2D eigenvalue weighted by molar-refractivity contribution is 5.38. The fourth-order valence-electron chi connectivity index (χ4n) is 2.08. The fraction of sp³-hybridized carbons (Fsp3) is 0.500. The topological polar surface area (TPSA) is 61.3 Å². The molecule has 4 heteroatoms. The Kier molecular flexibility index (Phi) is 2.86. The van der Waals surface area contributed by atoms with E-state index in [1.54, 1.807) is 13.2 Å². The molecule has 1 atom stereocenters. The Balaban J connectivity index is 2.35. The van der Waals surface area contributed by atoms with Crippen LogP contribution in [0.2, 0.25) is 0 Å². The molecule has 16 heavy (non-hydrogen) atoms. The molecule has 88 valence electrons. The standard InChI is InChI=1S/C12H17FN2O/c1-16-10-3-2-8(13)6-9(10)11(15)12(7-14)4-5-12/h2-3,6,11H,4-5,7,14-15H2,1H3. The van der Waals surface area contributed by atoms with Gasteiger partial charge in [-0.3, -0.25) is 0 Å². The van der Waals surface area contributed by atoms with Crippen molar-refractivity contribution in [1.29, 1.82) is 0 Å². The number of hydrogen-bond acceptors (Lipinski definition) is 3. The van der Waals surface area contributed by atoms with Crippen molar-refractivity contribution < 1.29 is 9.13 Å². The maximum Gasteiger partial charge on any atom is 0.123 e. The van der Waals surface area contributed by atoms with Gasteiger partial charge in [-0.2, -0.15) is 0 Å². The second-order valence-corrected chi connectivity index (χ2v) is 4.43. The second-order valence-electron chi connectivity index (χ2n) is 4.43. The number of ether oxygens (including phenoxy) is 1. The molecule has 0 spiro atoms. The van der Waals surface area contributed by atoms with Gasteiger partial charge in [-0.05, 0) is 37.6 Å². The first-order valence-electron chi connectivity index (χ1n) is 5.42. The summed E-state index contributed by atoms with van der Waals surface area (Å²) in [5, 5.41) is 0. The molecule has 1 unspecified atom stereocenters. The van der Waals surface area contributed by atoms with Crippen LogP contribution >= 0.6 is 0 Å². The van der Waals surface area contributed by atoms with E-state index in [0.717, 1.165) is 12.8 Å². The molecule has 0 aliphatic heterocycles. The maximum absolute atomic E-state index is 13.2. The zero-order valence-electron chi connectivity index (χ0n) is 9.37. The van der Waals surface area contributed by atoms with Gasteiger partial charge in [0.25, 0.3) is 0 Å². The van der Waals surface area contributed by atoms with Gasteiger partial charge in [0.15, 0.2) is 0 Å². The summed E-state index contributed by atoms with van der Waals surface area (Å²) in [6.07, 6.45) is 2.01. The Morgan fingerprint density at radius 3 is 2.69 bits per heavy atom. The van der Waals surface area contributed by atoms with Gasteiger partial charge in [0.1, 0.15) is 11.6 Å². The average Bonchev–Trinajstić information content (AvgIpc) is 3.09. The molecular weight excluding hydrogens is 207 g/mol. The first-order valence-corrected chi connectivity index (χ1v) is 5.42. The average molecular weight is 224 g/mol. The summed E-state index contributed by atoms with van der Waals surface area (Å²) in [6.45, 7) is 0.536. The van der Waals surface area contributed by atoms with Gasteiger partial charge in [0.05, 0.1) is 7.11 Å². The third-order valence-electron chi connectivity index (χ3n) is 3.49. The molecule has 1 aromatic carbocycles. The number of benzene rings is 1. The second kappa shape index (κ2) is 4.03. The molecule has 4 N–H and O–H groups in total. The zero-order chi connectivity index (χ0) is 11.8. The first-order chi connectivity index (χ1) is 7.63. The van der Waals surface area contributed by atoms with E-state index in [2.05, 4.69) is 0 Å². The molecule has 1 fully saturated rings. The molecule has 0 bridgehead atoms. The van der Waals surface area contributed by atoms with Gasteiger partial charge in [0.2, 0.25) is 0 Å². The number of methoxy groups -OCH3 is 1. The van der Waals surface area contributed by atoms with Gasteiger partial charge in [0, 0.05) is 17.0 Å². The molecular formula is C12H17FN2O. The Bertz CT molecular complexity index is 391. The molecule has 0 aromatic heterocycles. The molecule has 1 aliphatic carbocycles. The van der Waals surface area contributed by atoms with Gasteiger partial charge in [-0.25, -0.2) is 4.39 Å². The third-order valence-corrected chi connectivity index (χ3v) is 3.49. The summed E-state index contributed by atoms with van der Waals surface area (Å²) >= 11 is 0. The van der Waals surface area contributed by atoms with Crippen molar-refractivity contribution in [3.05, 3.63) is 29.6 Å². The predicted molar refractivity (Wildman–Crippen MR) is 60.6 cm³/mol. The Hall–Kier alpha value is -1.13. The van der Waals surface area contributed by atoms with Gasteiger partial charge >= 0.3 is 0 Å². The summed E-state index contributed by atoms with van der Waals surface area (Å²) in [5.74, 6) is 0.340. The highest BCUT2D eigenvalue weighted by atomic mass is 19.1. The van der Waals surface area contributed by atoms with Crippen molar-refractivity contribution in [2.24, 2.45) is 16.9 Å². The van der Waals surface area contributed by atoms with Crippen molar-refractivity contribution in [2.75, 3.05) is 13.7 Å². The van der Waals surface area contributed by atoms with Crippen LogP contribution in [-0.2, 0) is 0 Å². The van der Waals surface area contributed by atoms with Crippen molar-refractivity contribution in [3.8, 4) is 5.75 Å². The lowest BCUT2D eigenvalue weighted by Gasteiger charge is -2.23. The summed E-state index contributed by atoms with van der Waals surface area (Å²) in [6, 6.07) is 4.18. The van der Waals surface area contributed by atoms with Crippen LogP contribution in [0.1, 0.15) is 24.4 Å². The van der Waals surface area contributed by atoms with E-state index in [1.165, 1.54) is 12.1 Å². The summed E-state index contributed by atoms with van der Waals surface area (Å²) < 4.78 is 18.4. The van der Waals surface area contributed by atoms with E-state index >= 15 is 0 Å². The van der Waals surface area contributed by atoms with E-state index in [4.69, 9.17) is 16.2 Å². The van der Waals surface area contributed by atoms with Crippen LogP contribution in [0.25, 0.3) is 0 Å². The summed E-state index contributed by atoms with van der Waals surface area (Å²) in [5.41, 5.74) is 12.5. The lowest BCUT2D eigenvalue weighted by molar-refractivity contribution is 0.373. The Morgan fingerprint density at radius 1 is 1.50 bits per heavy atom. The minimum Gasteiger partial charge on any atom is -0.496 e. The number of rotatable bonds is 4. The molecule has 0 heterocycles. The largest absolute Gasteiger partial charge is 0.496 e. The Labute approximate surface area is 94.6 Å². The number of halogens is 1. The van der Waals surface area contributed by atoms with Gasteiger partial charge < -0.3 is 16.2 Å². The third kappa shape index (κ3) is 1.79. The maximum atomic E-state index is 13.2. The summed E-state index contributed by atoms with van der Waals surface area (Å²) in [4.78, 5) is 0. The van der Waals surface area contributed by atoms with E-state index in [0.29, 0.717) is 17.9 Å².